The zero-order valence-corrected chi connectivity index (χ0v) is 18.3. The molecule has 1 saturated heterocycles. The summed E-state index contributed by atoms with van der Waals surface area (Å²) in [7, 11) is 0. The van der Waals surface area contributed by atoms with E-state index in [1.54, 1.807) is 4.90 Å². The van der Waals surface area contributed by atoms with Gasteiger partial charge in [-0.25, -0.2) is 0 Å². The van der Waals surface area contributed by atoms with E-state index < -0.39 is 6.04 Å². The summed E-state index contributed by atoms with van der Waals surface area (Å²) in [6.45, 7) is 6.93. The average molecular weight is 424 g/mol. The van der Waals surface area contributed by atoms with E-state index in [1.807, 2.05) is 67.6 Å². The van der Waals surface area contributed by atoms with Crippen molar-refractivity contribution >= 4 is 11.8 Å². The van der Waals surface area contributed by atoms with Crippen LogP contribution in [-0.2, 0) is 20.9 Å². The molecule has 1 fully saturated rings. The average Bonchev–Trinajstić information content (AvgIpc) is 2.81. The quantitative estimate of drug-likeness (QED) is 0.638. The minimum Gasteiger partial charge on any atom is -0.379 e. The summed E-state index contributed by atoms with van der Waals surface area (Å²) < 4.78 is 5.39. The highest BCUT2D eigenvalue weighted by atomic mass is 16.5. The lowest BCUT2D eigenvalue weighted by atomic mass is 10.0. The fraction of sp³-hybridized carbons (Fsp3) is 0.440. The normalized spacial score (nSPS) is 15.3. The summed E-state index contributed by atoms with van der Waals surface area (Å²) in [5.41, 5.74) is 1.83. The lowest BCUT2D eigenvalue weighted by Gasteiger charge is -2.32. The van der Waals surface area contributed by atoms with Crippen molar-refractivity contribution < 1.29 is 14.3 Å². The molecule has 31 heavy (non-hydrogen) atoms. The third-order valence-corrected chi connectivity index (χ3v) is 5.49. The first-order chi connectivity index (χ1) is 15.2. The van der Waals surface area contributed by atoms with Crippen LogP contribution in [-0.4, -0.2) is 61.0 Å². The molecule has 1 atom stereocenters. The minimum atomic E-state index is -0.662. The molecular weight excluding hydrogens is 390 g/mol. The Labute approximate surface area is 185 Å². The molecule has 166 valence electrons. The van der Waals surface area contributed by atoms with Gasteiger partial charge >= 0.3 is 0 Å². The van der Waals surface area contributed by atoms with Gasteiger partial charge in [-0.05, 0) is 17.5 Å². The van der Waals surface area contributed by atoms with Gasteiger partial charge in [0.25, 0.3) is 0 Å². The lowest BCUT2D eigenvalue weighted by Crippen LogP contribution is -2.46. The molecule has 0 bridgehead atoms. The van der Waals surface area contributed by atoms with Crippen LogP contribution >= 0.6 is 0 Å². The summed E-state index contributed by atoms with van der Waals surface area (Å²) in [5, 5.41) is 3.08. The minimum absolute atomic E-state index is 0.0106. The second-order valence-corrected chi connectivity index (χ2v) is 7.82. The van der Waals surface area contributed by atoms with Gasteiger partial charge in [-0.1, -0.05) is 67.6 Å². The van der Waals surface area contributed by atoms with Gasteiger partial charge in [0.2, 0.25) is 11.8 Å². The van der Waals surface area contributed by atoms with Crippen molar-refractivity contribution in [2.24, 2.45) is 0 Å². The van der Waals surface area contributed by atoms with Gasteiger partial charge in [0.15, 0.2) is 0 Å². The summed E-state index contributed by atoms with van der Waals surface area (Å²) in [4.78, 5) is 30.5. The predicted molar refractivity (Wildman–Crippen MR) is 121 cm³/mol. The molecule has 3 rings (SSSR count). The molecule has 1 aliphatic rings. The van der Waals surface area contributed by atoms with Crippen molar-refractivity contribution in [3.05, 3.63) is 71.8 Å². The number of nitrogens with one attached hydrogen (secondary N) is 1. The van der Waals surface area contributed by atoms with Gasteiger partial charge in [-0.3, -0.25) is 14.5 Å². The number of ether oxygens (including phenoxy) is 1. The number of amides is 2. The molecule has 2 aromatic carbocycles. The molecule has 0 unspecified atom stereocenters. The molecule has 6 heteroatoms. The lowest BCUT2D eigenvalue weighted by molar-refractivity contribution is -0.141. The highest BCUT2D eigenvalue weighted by Crippen LogP contribution is 2.25. The van der Waals surface area contributed by atoms with Gasteiger partial charge in [0.05, 0.1) is 13.2 Å². The van der Waals surface area contributed by atoms with E-state index in [2.05, 4.69) is 10.2 Å². The van der Waals surface area contributed by atoms with Crippen LogP contribution in [0.15, 0.2) is 60.7 Å². The number of morpholine rings is 1. The molecular formula is C25H33N3O3. The number of nitrogens with zero attached hydrogens (tertiary/aromatic N) is 2. The number of carbonyl (C=O) groups is 2. The van der Waals surface area contributed by atoms with E-state index in [9.17, 15) is 9.59 Å². The summed E-state index contributed by atoms with van der Waals surface area (Å²) in [5.74, 6) is -0.150. The third kappa shape index (κ3) is 6.91. The zero-order valence-electron chi connectivity index (χ0n) is 18.3. The van der Waals surface area contributed by atoms with E-state index >= 15 is 0 Å². The Morgan fingerprint density at radius 2 is 1.68 bits per heavy atom. The van der Waals surface area contributed by atoms with Gasteiger partial charge < -0.3 is 15.0 Å². The SMILES string of the molecule is CCCC(=O)N(Cc1ccccc1)[C@H](C(=O)NCCN1CCOCC1)c1ccccc1. The topological polar surface area (TPSA) is 61.9 Å². The predicted octanol–water partition coefficient (Wildman–Crippen LogP) is 3.01. The van der Waals surface area contributed by atoms with Crippen molar-refractivity contribution in [2.45, 2.75) is 32.4 Å². The van der Waals surface area contributed by atoms with Gasteiger partial charge in [-0.2, -0.15) is 0 Å². The van der Waals surface area contributed by atoms with Crippen LogP contribution in [0.25, 0.3) is 0 Å². The molecule has 6 nitrogen and oxygen atoms in total. The van der Waals surface area contributed by atoms with E-state index in [-0.39, 0.29) is 11.8 Å². The molecule has 1 aliphatic heterocycles. The van der Waals surface area contributed by atoms with Crippen molar-refractivity contribution in [2.75, 3.05) is 39.4 Å². The fourth-order valence-corrected chi connectivity index (χ4v) is 3.83. The van der Waals surface area contributed by atoms with Gasteiger partial charge in [-0.15, -0.1) is 0 Å². The largest absolute Gasteiger partial charge is 0.379 e. The van der Waals surface area contributed by atoms with Crippen molar-refractivity contribution in [1.82, 2.24) is 15.1 Å². The molecule has 0 saturated carbocycles. The van der Waals surface area contributed by atoms with Crippen LogP contribution in [0.5, 0.6) is 0 Å². The maximum atomic E-state index is 13.4. The maximum Gasteiger partial charge on any atom is 0.247 e. The molecule has 0 aliphatic carbocycles. The number of benzene rings is 2. The first-order valence-electron chi connectivity index (χ1n) is 11.1. The van der Waals surface area contributed by atoms with Crippen LogP contribution in [0.1, 0.15) is 36.9 Å². The van der Waals surface area contributed by atoms with Gasteiger partial charge in [0.1, 0.15) is 6.04 Å². The molecule has 0 aromatic heterocycles. The first-order valence-corrected chi connectivity index (χ1v) is 11.1. The van der Waals surface area contributed by atoms with Crippen LogP contribution in [0, 0.1) is 0 Å². The Bertz CT molecular complexity index is 807. The number of carbonyl (C=O) groups excluding carboxylic acids is 2. The fourth-order valence-electron chi connectivity index (χ4n) is 3.83. The summed E-state index contributed by atoms with van der Waals surface area (Å²) in [6, 6.07) is 18.8. The third-order valence-electron chi connectivity index (χ3n) is 5.49. The van der Waals surface area contributed by atoms with Crippen molar-refractivity contribution in [1.29, 1.82) is 0 Å². The highest BCUT2D eigenvalue weighted by molar-refractivity contribution is 5.88. The summed E-state index contributed by atoms with van der Waals surface area (Å²) >= 11 is 0. The highest BCUT2D eigenvalue weighted by Gasteiger charge is 2.31. The standard InChI is InChI=1S/C25H33N3O3/c1-2-9-23(29)28(20-21-10-5-3-6-11-21)24(22-12-7-4-8-13-22)25(30)26-14-15-27-16-18-31-19-17-27/h3-8,10-13,24H,2,9,14-20H2,1H3,(H,26,30)/t24-/m0/s1. The molecule has 2 amide bonds. The Hall–Kier alpha value is -2.70. The van der Waals surface area contributed by atoms with Crippen molar-refractivity contribution in [3.63, 3.8) is 0 Å². The van der Waals surface area contributed by atoms with Gasteiger partial charge in [0, 0.05) is 39.1 Å². The Kier molecular flexibility index (Phi) is 9.06. The van der Waals surface area contributed by atoms with E-state index in [1.165, 1.54) is 0 Å². The molecule has 1 N–H and O–H groups in total. The second kappa shape index (κ2) is 12.2. The Balaban J connectivity index is 1.78. The zero-order chi connectivity index (χ0) is 21.9. The van der Waals surface area contributed by atoms with Crippen LogP contribution < -0.4 is 5.32 Å². The molecule has 0 spiro atoms. The van der Waals surface area contributed by atoms with E-state index in [0.29, 0.717) is 19.5 Å². The monoisotopic (exact) mass is 423 g/mol. The number of hydrogen-bond acceptors (Lipinski definition) is 4. The number of rotatable bonds is 10. The second-order valence-electron chi connectivity index (χ2n) is 7.82. The van der Waals surface area contributed by atoms with E-state index in [0.717, 1.165) is 50.4 Å². The summed E-state index contributed by atoms with van der Waals surface area (Å²) in [6.07, 6.45) is 1.15. The molecule has 2 aromatic rings. The molecule has 0 radical (unpaired) electrons. The maximum absolute atomic E-state index is 13.4. The molecule has 1 heterocycles. The smallest absolute Gasteiger partial charge is 0.247 e. The van der Waals surface area contributed by atoms with Crippen molar-refractivity contribution in [3.8, 4) is 0 Å². The van der Waals surface area contributed by atoms with Crippen LogP contribution in [0.3, 0.4) is 0 Å². The van der Waals surface area contributed by atoms with Crippen LogP contribution in [0.2, 0.25) is 0 Å². The Morgan fingerprint density at radius 1 is 1.03 bits per heavy atom. The Morgan fingerprint density at radius 3 is 2.32 bits per heavy atom. The number of hydrogen-bond donors (Lipinski definition) is 1. The van der Waals surface area contributed by atoms with E-state index in [4.69, 9.17) is 4.74 Å². The van der Waals surface area contributed by atoms with Crippen LogP contribution in [0.4, 0.5) is 0 Å². The first kappa shape index (κ1) is 23.0.